The first kappa shape index (κ1) is 19.5. The van der Waals surface area contributed by atoms with E-state index in [1.54, 1.807) is 0 Å². The predicted molar refractivity (Wildman–Crippen MR) is 86.7 cm³/mol. The van der Waals surface area contributed by atoms with Crippen LogP contribution in [0.15, 0.2) is 0 Å². The molecule has 1 rings (SSSR count). The molecule has 130 valence electrons. The molecule has 1 aliphatic rings. The molecule has 0 aliphatic carbocycles. The van der Waals surface area contributed by atoms with E-state index in [0.29, 0.717) is 55.8 Å². The average molecular weight is 343 g/mol. The monoisotopic (exact) mass is 343 g/mol. The Bertz CT molecular complexity index is 446. The predicted octanol–water partition coefficient (Wildman–Crippen LogP) is -2.27. The molecule has 0 radical (unpaired) electrons. The highest BCUT2D eigenvalue weighted by Gasteiger charge is 2.34. The van der Waals surface area contributed by atoms with E-state index < -0.39 is 6.04 Å². The second-order valence-electron chi connectivity index (χ2n) is 5.60. The van der Waals surface area contributed by atoms with E-state index in [2.05, 4.69) is 5.32 Å². The number of nitrogens with one attached hydrogen (secondary N) is 1. The zero-order chi connectivity index (χ0) is 17.2. The molecule has 0 aromatic carbocycles. The fourth-order valence-electron chi connectivity index (χ4n) is 2.27. The molecule has 1 aliphatic heterocycles. The maximum atomic E-state index is 11.7. The molecule has 1 heterocycles. The van der Waals surface area contributed by atoms with Gasteiger partial charge in [0.05, 0.1) is 12.6 Å². The number of ether oxygens (including phenoxy) is 1. The number of carbonyl (C=O) groups is 4. The van der Waals surface area contributed by atoms with Gasteiger partial charge in [-0.25, -0.2) is 0 Å². The summed E-state index contributed by atoms with van der Waals surface area (Å²) in [6.07, 6.45) is 2.26. The van der Waals surface area contributed by atoms with Gasteiger partial charge in [-0.05, 0) is 12.8 Å². The minimum atomic E-state index is -0.682. The number of nitrogens with two attached hydrogens (primary N) is 1. The van der Waals surface area contributed by atoms with Gasteiger partial charge in [0, 0.05) is 48.3 Å². The SMILES string of the molecule is NC(CCC=O)C(=O)NCCOCCCN1C(=O)CC([SiH3])C1=O. The number of likely N-dealkylation sites (tertiary alicyclic amines) is 1. The van der Waals surface area contributed by atoms with Crippen LogP contribution >= 0.6 is 0 Å². The topological polar surface area (TPSA) is 119 Å². The van der Waals surface area contributed by atoms with E-state index in [1.807, 2.05) is 0 Å². The molecule has 3 amide bonds. The summed E-state index contributed by atoms with van der Waals surface area (Å²) < 4.78 is 5.35. The van der Waals surface area contributed by atoms with Crippen molar-refractivity contribution in [1.29, 1.82) is 0 Å². The van der Waals surface area contributed by atoms with Crippen molar-refractivity contribution in [2.75, 3.05) is 26.3 Å². The number of hydrogen-bond acceptors (Lipinski definition) is 6. The Kier molecular flexibility index (Phi) is 8.67. The smallest absolute Gasteiger partial charge is 0.237 e. The fourth-order valence-corrected chi connectivity index (χ4v) is 2.93. The first-order chi connectivity index (χ1) is 11.0. The van der Waals surface area contributed by atoms with Crippen LogP contribution in [0.25, 0.3) is 0 Å². The summed E-state index contributed by atoms with van der Waals surface area (Å²) in [5.74, 6) is -0.452. The number of carbonyl (C=O) groups excluding carboxylic acids is 4. The first-order valence-corrected chi connectivity index (χ1v) is 9.01. The van der Waals surface area contributed by atoms with Gasteiger partial charge in [-0.1, -0.05) is 0 Å². The van der Waals surface area contributed by atoms with Gasteiger partial charge in [0.25, 0.3) is 0 Å². The molecule has 1 fully saturated rings. The summed E-state index contributed by atoms with van der Waals surface area (Å²) in [7, 11) is 0.708. The van der Waals surface area contributed by atoms with Gasteiger partial charge in [0.15, 0.2) is 0 Å². The summed E-state index contributed by atoms with van der Waals surface area (Å²) >= 11 is 0. The zero-order valence-corrected chi connectivity index (χ0v) is 15.5. The molecule has 2 atom stereocenters. The van der Waals surface area contributed by atoms with Gasteiger partial charge in [0.1, 0.15) is 6.29 Å². The first-order valence-electron chi connectivity index (χ1n) is 7.86. The van der Waals surface area contributed by atoms with Crippen molar-refractivity contribution >= 4 is 34.3 Å². The Morgan fingerprint density at radius 2 is 2.22 bits per heavy atom. The second kappa shape index (κ2) is 10.2. The quantitative estimate of drug-likeness (QED) is 0.189. The van der Waals surface area contributed by atoms with Crippen LogP contribution < -0.4 is 11.1 Å². The van der Waals surface area contributed by atoms with Gasteiger partial charge in [0.2, 0.25) is 17.7 Å². The van der Waals surface area contributed by atoms with Crippen molar-refractivity contribution in [2.45, 2.75) is 37.3 Å². The van der Waals surface area contributed by atoms with Crippen molar-refractivity contribution in [3.05, 3.63) is 0 Å². The number of aldehydes is 1. The van der Waals surface area contributed by atoms with E-state index in [9.17, 15) is 19.2 Å². The van der Waals surface area contributed by atoms with Crippen LogP contribution in [0.5, 0.6) is 0 Å². The maximum absolute atomic E-state index is 11.7. The highest BCUT2D eigenvalue weighted by Crippen LogP contribution is 2.21. The number of amides is 3. The lowest BCUT2D eigenvalue weighted by Crippen LogP contribution is -2.41. The van der Waals surface area contributed by atoms with Crippen molar-refractivity contribution in [3.8, 4) is 0 Å². The average Bonchev–Trinajstić information content (AvgIpc) is 2.77. The van der Waals surface area contributed by atoms with E-state index in [0.717, 1.165) is 6.29 Å². The van der Waals surface area contributed by atoms with Gasteiger partial charge in [-0.15, -0.1) is 0 Å². The van der Waals surface area contributed by atoms with Crippen LogP contribution in [0.2, 0.25) is 5.54 Å². The van der Waals surface area contributed by atoms with Gasteiger partial charge < -0.3 is 20.6 Å². The minimum absolute atomic E-state index is 0.0572. The van der Waals surface area contributed by atoms with E-state index in [4.69, 9.17) is 10.5 Å². The molecule has 0 aromatic rings. The third-order valence-corrected chi connectivity index (χ3v) is 4.52. The summed E-state index contributed by atoms with van der Waals surface area (Å²) in [4.78, 5) is 46.3. The highest BCUT2D eigenvalue weighted by atomic mass is 28.1. The molecule has 9 heteroatoms. The molecule has 2 unspecified atom stereocenters. The van der Waals surface area contributed by atoms with Gasteiger partial charge in [-0.2, -0.15) is 0 Å². The number of imide groups is 1. The molecular formula is C14H25N3O5Si. The third kappa shape index (κ3) is 6.59. The normalized spacial score (nSPS) is 19.2. The maximum Gasteiger partial charge on any atom is 0.237 e. The molecule has 8 nitrogen and oxygen atoms in total. The van der Waals surface area contributed by atoms with Crippen LogP contribution in [0.4, 0.5) is 0 Å². The van der Waals surface area contributed by atoms with E-state index in [1.165, 1.54) is 4.90 Å². The lowest BCUT2D eigenvalue weighted by atomic mass is 10.1. The Morgan fingerprint density at radius 3 is 2.83 bits per heavy atom. The fraction of sp³-hybridized carbons (Fsp3) is 0.714. The largest absolute Gasteiger partial charge is 0.380 e. The lowest BCUT2D eigenvalue weighted by Gasteiger charge is -2.14. The molecule has 0 spiro atoms. The number of hydrogen-bond donors (Lipinski definition) is 2. The second-order valence-corrected chi connectivity index (χ2v) is 6.99. The molecule has 0 saturated carbocycles. The number of rotatable bonds is 11. The Hall–Kier alpha value is -1.58. The minimum Gasteiger partial charge on any atom is -0.380 e. The van der Waals surface area contributed by atoms with Crippen LogP contribution in [-0.2, 0) is 23.9 Å². The Labute approximate surface area is 138 Å². The zero-order valence-electron chi connectivity index (χ0n) is 13.5. The summed E-state index contributed by atoms with van der Waals surface area (Å²) in [6, 6.07) is -0.682. The van der Waals surface area contributed by atoms with E-state index in [-0.39, 0.29) is 29.7 Å². The molecular weight excluding hydrogens is 318 g/mol. The molecule has 1 saturated heterocycles. The van der Waals surface area contributed by atoms with Crippen LogP contribution in [0.1, 0.15) is 25.7 Å². The summed E-state index contributed by atoms with van der Waals surface area (Å²) in [5.41, 5.74) is 5.51. The van der Waals surface area contributed by atoms with Crippen molar-refractivity contribution < 1.29 is 23.9 Å². The van der Waals surface area contributed by atoms with Crippen LogP contribution in [0.3, 0.4) is 0 Å². The Balaban J connectivity index is 2.03. The lowest BCUT2D eigenvalue weighted by molar-refractivity contribution is -0.138. The standard InChI is InChI=1S/C14H25N3O5Si/c15-10(3-1-6-18)13(20)16-4-8-22-7-2-5-17-12(19)9-11(23)14(17)21/h6,10-11H,1-5,7-9,15H2,23H3,(H,16,20). The summed E-state index contributed by atoms with van der Waals surface area (Å²) in [5, 5.41) is 2.62. The third-order valence-electron chi connectivity index (χ3n) is 3.62. The summed E-state index contributed by atoms with van der Waals surface area (Å²) in [6.45, 7) is 1.46. The van der Waals surface area contributed by atoms with Crippen molar-refractivity contribution in [3.63, 3.8) is 0 Å². The van der Waals surface area contributed by atoms with Crippen LogP contribution in [-0.4, -0.2) is 71.5 Å². The number of nitrogens with zero attached hydrogens (tertiary/aromatic N) is 1. The van der Waals surface area contributed by atoms with Gasteiger partial charge in [-0.3, -0.25) is 19.3 Å². The molecule has 0 aromatic heterocycles. The van der Waals surface area contributed by atoms with E-state index >= 15 is 0 Å². The highest BCUT2D eigenvalue weighted by molar-refractivity contribution is 6.29. The molecule has 23 heavy (non-hydrogen) atoms. The Morgan fingerprint density at radius 1 is 1.48 bits per heavy atom. The van der Waals surface area contributed by atoms with Crippen LogP contribution in [0, 0.1) is 0 Å². The van der Waals surface area contributed by atoms with Gasteiger partial charge >= 0.3 is 0 Å². The molecule has 3 N–H and O–H groups in total. The van der Waals surface area contributed by atoms with Crippen molar-refractivity contribution in [1.82, 2.24) is 10.2 Å². The van der Waals surface area contributed by atoms with Crippen molar-refractivity contribution in [2.24, 2.45) is 5.73 Å². The molecule has 0 bridgehead atoms.